The van der Waals surface area contributed by atoms with E-state index in [2.05, 4.69) is 43.0 Å². The molecule has 2 rings (SSSR count). The van der Waals surface area contributed by atoms with Crippen molar-refractivity contribution in [3.63, 3.8) is 0 Å². The van der Waals surface area contributed by atoms with Gasteiger partial charge in [-0.05, 0) is 30.4 Å². The summed E-state index contributed by atoms with van der Waals surface area (Å²) in [6.07, 6.45) is 4.95. The highest BCUT2D eigenvalue weighted by atomic mass is 15.2. The van der Waals surface area contributed by atoms with E-state index in [4.69, 9.17) is 5.73 Å². The number of para-hydroxylation sites is 1. The van der Waals surface area contributed by atoms with E-state index in [1.165, 1.54) is 36.9 Å². The van der Waals surface area contributed by atoms with E-state index in [1.54, 1.807) is 0 Å². The predicted molar refractivity (Wildman–Crippen MR) is 79.0 cm³/mol. The topological polar surface area (TPSA) is 29.3 Å². The van der Waals surface area contributed by atoms with Gasteiger partial charge in [-0.15, -0.1) is 0 Å². The van der Waals surface area contributed by atoms with Crippen LogP contribution in [0, 0.1) is 5.92 Å². The summed E-state index contributed by atoms with van der Waals surface area (Å²) in [5.41, 5.74) is 8.92. The Morgan fingerprint density at radius 3 is 2.89 bits per heavy atom. The van der Waals surface area contributed by atoms with Crippen molar-refractivity contribution in [3.05, 3.63) is 29.8 Å². The van der Waals surface area contributed by atoms with Crippen LogP contribution in [0.25, 0.3) is 0 Å². The summed E-state index contributed by atoms with van der Waals surface area (Å²) in [5, 5.41) is 0. The van der Waals surface area contributed by atoms with Crippen LogP contribution in [0.1, 0.15) is 38.7 Å². The normalized spacial score (nSPS) is 20.6. The summed E-state index contributed by atoms with van der Waals surface area (Å²) in [6, 6.07) is 9.34. The molecule has 0 saturated heterocycles. The molecule has 2 nitrogen and oxygen atoms in total. The Hall–Kier alpha value is -1.02. The molecule has 2 unspecified atom stereocenters. The minimum Gasteiger partial charge on any atom is -0.367 e. The highest BCUT2D eigenvalue weighted by Crippen LogP contribution is 2.31. The van der Waals surface area contributed by atoms with Gasteiger partial charge >= 0.3 is 0 Å². The lowest BCUT2D eigenvalue weighted by molar-refractivity contribution is 0.458. The molecule has 1 aromatic rings. The monoisotopic (exact) mass is 246 g/mol. The fourth-order valence-electron chi connectivity index (χ4n) is 3.02. The zero-order chi connectivity index (χ0) is 13.0. The quantitative estimate of drug-likeness (QED) is 0.864. The SMILES string of the molecule is CCCCC(CN)N1CC(C)Cc2ccccc21. The number of nitrogens with two attached hydrogens (primary N) is 1. The molecule has 2 heteroatoms. The summed E-state index contributed by atoms with van der Waals surface area (Å²) in [7, 11) is 0. The summed E-state index contributed by atoms with van der Waals surface area (Å²) in [4.78, 5) is 2.55. The number of rotatable bonds is 5. The minimum atomic E-state index is 0.508. The number of benzene rings is 1. The van der Waals surface area contributed by atoms with Gasteiger partial charge in [0.1, 0.15) is 0 Å². The third kappa shape index (κ3) is 2.86. The molecular formula is C16H26N2. The lowest BCUT2D eigenvalue weighted by atomic mass is 9.92. The molecule has 1 aliphatic heterocycles. The molecular weight excluding hydrogens is 220 g/mol. The van der Waals surface area contributed by atoms with Gasteiger partial charge in [-0.3, -0.25) is 0 Å². The molecule has 1 heterocycles. The standard InChI is InChI=1S/C16H26N2/c1-3-4-8-15(11-17)18-12-13(2)10-14-7-5-6-9-16(14)18/h5-7,9,13,15H,3-4,8,10-12,17H2,1-2H3. The number of hydrogen-bond acceptors (Lipinski definition) is 2. The van der Waals surface area contributed by atoms with Gasteiger partial charge in [0.2, 0.25) is 0 Å². The van der Waals surface area contributed by atoms with Gasteiger partial charge in [-0.2, -0.15) is 0 Å². The Bertz CT molecular complexity index is 375. The van der Waals surface area contributed by atoms with Crippen LogP contribution >= 0.6 is 0 Å². The first-order valence-corrected chi connectivity index (χ1v) is 7.30. The van der Waals surface area contributed by atoms with Crippen molar-refractivity contribution in [1.82, 2.24) is 0 Å². The number of unbranched alkanes of at least 4 members (excludes halogenated alkanes) is 1. The largest absolute Gasteiger partial charge is 0.367 e. The number of hydrogen-bond donors (Lipinski definition) is 1. The predicted octanol–water partition coefficient (Wildman–Crippen LogP) is 3.20. The van der Waals surface area contributed by atoms with E-state index >= 15 is 0 Å². The van der Waals surface area contributed by atoms with Crippen molar-refractivity contribution in [3.8, 4) is 0 Å². The van der Waals surface area contributed by atoms with E-state index in [9.17, 15) is 0 Å². The van der Waals surface area contributed by atoms with E-state index in [0.717, 1.165) is 19.0 Å². The zero-order valence-corrected chi connectivity index (χ0v) is 11.7. The molecule has 1 aliphatic rings. The van der Waals surface area contributed by atoms with Crippen molar-refractivity contribution >= 4 is 5.69 Å². The summed E-state index contributed by atoms with van der Waals surface area (Å²) in [5.74, 6) is 0.732. The van der Waals surface area contributed by atoms with Crippen molar-refractivity contribution in [2.24, 2.45) is 11.7 Å². The van der Waals surface area contributed by atoms with Crippen LogP contribution in [0.15, 0.2) is 24.3 Å². The molecule has 1 aromatic carbocycles. The van der Waals surface area contributed by atoms with Crippen LogP contribution < -0.4 is 10.6 Å². The Morgan fingerprint density at radius 1 is 1.39 bits per heavy atom. The van der Waals surface area contributed by atoms with Gasteiger partial charge in [0.15, 0.2) is 0 Å². The summed E-state index contributed by atoms with van der Waals surface area (Å²) < 4.78 is 0. The van der Waals surface area contributed by atoms with Crippen LogP contribution in [0.4, 0.5) is 5.69 Å². The molecule has 0 spiro atoms. The fourth-order valence-corrected chi connectivity index (χ4v) is 3.02. The van der Waals surface area contributed by atoms with Crippen LogP contribution in [0.3, 0.4) is 0 Å². The van der Waals surface area contributed by atoms with Crippen LogP contribution in [0.2, 0.25) is 0 Å². The average molecular weight is 246 g/mol. The maximum atomic E-state index is 6.01. The maximum Gasteiger partial charge on any atom is 0.0412 e. The van der Waals surface area contributed by atoms with Crippen molar-refractivity contribution in [2.45, 2.75) is 45.6 Å². The molecule has 2 atom stereocenters. The number of anilines is 1. The lowest BCUT2D eigenvalue weighted by Gasteiger charge is -2.40. The molecule has 0 aromatic heterocycles. The Labute approximate surface area is 111 Å². The molecule has 2 N–H and O–H groups in total. The Kier molecular flexibility index (Phi) is 4.65. The maximum absolute atomic E-state index is 6.01. The highest BCUT2D eigenvalue weighted by molar-refractivity contribution is 5.56. The molecule has 0 amide bonds. The molecule has 0 radical (unpaired) electrons. The van der Waals surface area contributed by atoms with Gasteiger partial charge in [0.25, 0.3) is 0 Å². The van der Waals surface area contributed by atoms with Crippen molar-refractivity contribution in [2.75, 3.05) is 18.0 Å². The van der Waals surface area contributed by atoms with Crippen molar-refractivity contribution in [1.29, 1.82) is 0 Å². The van der Waals surface area contributed by atoms with E-state index in [-0.39, 0.29) is 0 Å². The van der Waals surface area contributed by atoms with E-state index < -0.39 is 0 Å². The third-order valence-corrected chi connectivity index (χ3v) is 3.98. The molecule has 100 valence electrons. The lowest BCUT2D eigenvalue weighted by Crippen LogP contribution is -2.45. The van der Waals surface area contributed by atoms with Crippen molar-refractivity contribution < 1.29 is 0 Å². The molecule has 0 fully saturated rings. The van der Waals surface area contributed by atoms with Gasteiger partial charge in [-0.25, -0.2) is 0 Å². The summed E-state index contributed by atoms with van der Waals surface area (Å²) >= 11 is 0. The van der Waals surface area contributed by atoms with E-state index in [1.807, 2.05) is 0 Å². The van der Waals surface area contributed by atoms with Gasteiger partial charge in [0.05, 0.1) is 0 Å². The van der Waals surface area contributed by atoms with E-state index in [0.29, 0.717) is 6.04 Å². The van der Waals surface area contributed by atoms with Crippen LogP contribution in [-0.4, -0.2) is 19.1 Å². The second kappa shape index (κ2) is 6.24. The van der Waals surface area contributed by atoms with Crippen LogP contribution in [0.5, 0.6) is 0 Å². The second-order valence-electron chi connectivity index (χ2n) is 5.62. The molecule has 18 heavy (non-hydrogen) atoms. The second-order valence-corrected chi connectivity index (χ2v) is 5.62. The summed E-state index contributed by atoms with van der Waals surface area (Å²) in [6.45, 7) is 6.51. The first-order chi connectivity index (χ1) is 8.76. The minimum absolute atomic E-state index is 0.508. The Balaban J connectivity index is 2.21. The molecule has 0 bridgehead atoms. The number of nitrogens with zero attached hydrogens (tertiary/aromatic N) is 1. The number of fused-ring (bicyclic) bond motifs is 1. The van der Waals surface area contributed by atoms with Gasteiger partial charge < -0.3 is 10.6 Å². The first kappa shape index (κ1) is 13.4. The van der Waals surface area contributed by atoms with Gasteiger partial charge in [0, 0.05) is 24.8 Å². The zero-order valence-electron chi connectivity index (χ0n) is 11.7. The highest BCUT2D eigenvalue weighted by Gasteiger charge is 2.25. The molecule has 0 saturated carbocycles. The third-order valence-electron chi connectivity index (χ3n) is 3.98. The fraction of sp³-hybridized carbons (Fsp3) is 0.625. The smallest absolute Gasteiger partial charge is 0.0412 e. The van der Waals surface area contributed by atoms with Gasteiger partial charge in [-0.1, -0.05) is 44.9 Å². The van der Waals surface area contributed by atoms with Crippen LogP contribution in [-0.2, 0) is 6.42 Å². The average Bonchev–Trinajstić information content (AvgIpc) is 2.39. The molecule has 0 aliphatic carbocycles. The Morgan fingerprint density at radius 2 is 2.17 bits per heavy atom. The first-order valence-electron chi connectivity index (χ1n) is 7.30.